The van der Waals surface area contributed by atoms with E-state index in [4.69, 9.17) is 4.74 Å². The van der Waals surface area contributed by atoms with Gasteiger partial charge in [-0.15, -0.1) is 0 Å². The number of hydrogen-bond donors (Lipinski definition) is 2. The van der Waals surface area contributed by atoms with Crippen LogP contribution >= 0.6 is 0 Å². The van der Waals surface area contributed by atoms with Gasteiger partial charge < -0.3 is 15.0 Å². The highest BCUT2D eigenvalue weighted by Gasteiger charge is 2.15. The number of H-pyrrole nitrogens is 1. The van der Waals surface area contributed by atoms with Gasteiger partial charge in [-0.3, -0.25) is 14.9 Å². The van der Waals surface area contributed by atoms with Gasteiger partial charge in [-0.1, -0.05) is 12.1 Å². The number of hydrogen-bond acceptors (Lipinski definition) is 5. The van der Waals surface area contributed by atoms with Gasteiger partial charge in [0.05, 0.1) is 10.4 Å². The highest BCUT2D eigenvalue weighted by Crippen LogP contribution is 2.23. The number of fused-ring (bicyclic) bond motifs is 1. The number of ether oxygens (including phenoxy) is 1. The number of aryl methyl sites for hydroxylation is 2. The summed E-state index contributed by atoms with van der Waals surface area (Å²) in [5.41, 5.74) is 3.15. The standard InChI is InChI=1S/C19H20N4O4/c1-12-6-7-14(10-13(12)2)27-11-18(24)20-9-8-17-21-15-4-3-5-16(23(25)26)19(15)22-17/h3-7,10H,8-9,11H2,1-2H3,(H,20,24)(H,21,22). The first-order chi connectivity index (χ1) is 12.9. The van der Waals surface area contributed by atoms with Crippen molar-refractivity contribution < 1.29 is 14.5 Å². The number of carbonyl (C=O) groups excluding carboxylic acids is 1. The number of amides is 1. The molecule has 0 aliphatic heterocycles. The van der Waals surface area contributed by atoms with E-state index < -0.39 is 4.92 Å². The van der Waals surface area contributed by atoms with Gasteiger partial charge in [0.25, 0.3) is 11.6 Å². The van der Waals surface area contributed by atoms with Gasteiger partial charge in [-0.25, -0.2) is 4.98 Å². The zero-order chi connectivity index (χ0) is 19.4. The van der Waals surface area contributed by atoms with Crippen LogP contribution in [0.4, 0.5) is 5.69 Å². The summed E-state index contributed by atoms with van der Waals surface area (Å²) in [6, 6.07) is 10.4. The van der Waals surface area contributed by atoms with Gasteiger partial charge in [-0.2, -0.15) is 0 Å². The number of aromatic nitrogens is 2. The van der Waals surface area contributed by atoms with Crippen molar-refractivity contribution in [3.05, 3.63) is 63.5 Å². The van der Waals surface area contributed by atoms with E-state index in [1.165, 1.54) is 6.07 Å². The highest BCUT2D eigenvalue weighted by atomic mass is 16.6. The molecule has 2 N–H and O–H groups in total. The van der Waals surface area contributed by atoms with Gasteiger partial charge in [0.1, 0.15) is 11.6 Å². The van der Waals surface area contributed by atoms with Crippen LogP contribution in [-0.4, -0.2) is 34.0 Å². The van der Waals surface area contributed by atoms with Crippen LogP contribution in [0.25, 0.3) is 11.0 Å². The second-order valence-corrected chi connectivity index (χ2v) is 6.25. The number of imidazole rings is 1. The molecule has 8 nitrogen and oxygen atoms in total. The third-order valence-electron chi connectivity index (χ3n) is 4.27. The lowest BCUT2D eigenvalue weighted by atomic mass is 10.1. The summed E-state index contributed by atoms with van der Waals surface area (Å²) in [5.74, 6) is 0.989. The number of aromatic amines is 1. The van der Waals surface area contributed by atoms with Crippen molar-refractivity contribution in [1.29, 1.82) is 0 Å². The molecule has 0 saturated carbocycles. The summed E-state index contributed by atoms with van der Waals surface area (Å²) in [6.45, 7) is 4.27. The molecule has 0 saturated heterocycles. The molecule has 1 heterocycles. The summed E-state index contributed by atoms with van der Waals surface area (Å²) >= 11 is 0. The van der Waals surface area contributed by atoms with Crippen molar-refractivity contribution in [3.63, 3.8) is 0 Å². The Morgan fingerprint density at radius 3 is 2.81 bits per heavy atom. The van der Waals surface area contributed by atoms with Crippen LogP contribution in [0.2, 0.25) is 0 Å². The lowest BCUT2D eigenvalue weighted by molar-refractivity contribution is -0.383. The van der Waals surface area contributed by atoms with Gasteiger partial charge >= 0.3 is 0 Å². The van der Waals surface area contributed by atoms with Gasteiger partial charge in [0.2, 0.25) is 0 Å². The van der Waals surface area contributed by atoms with Crippen LogP contribution in [0.3, 0.4) is 0 Å². The number of carbonyl (C=O) groups is 1. The number of nitrogens with zero attached hydrogens (tertiary/aromatic N) is 2. The molecule has 140 valence electrons. The first-order valence-corrected chi connectivity index (χ1v) is 8.53. The predicted octanol–water partition coefficient (Wildman–Crippen LogP) is 2.83. The van der Waals surface area contributed by atoms with E-state index in [1.54, 1.807) is 12.1 Å². The molecule has 1 aromatic heterocycles. The summed E-state index contributed by atoms with van der Waals surface area (Å²) in [5, 5.41) is 13.8. The number of rotatable bonds is 7. The van der Waals surface area contributed by atoms with Crippen molar-refractivity contribution in [1.82, 2.24) is 15.3 Å². The highest BCUT2D eigenvalue weighted by molar-refractivity contribution is 5.84. The first kappa shape index (κ1) is 18.4. The Labute approximate surface area is 155 Å². The largest absolute Gasteiger partial charge is 0.484 e. The van der Waals surface area contributed by atoms with E-state index in [2.05, 4.69) is 15.3 Å². The zero-order valence-corrected chi connectivity index (χ0v) is 15.1. The molecule has 1 amide bonds. The Balaban J connectivity index is 1.51. The van der Waals surface area contributed by atoms with Crippen molar-refractivity contribution >= 4 is 22.6 Å². The van der Waals surface area contributed by atoms with Crippen LogP contribution in [-0.2, 0) is 11.2 Å². The molecule has 2 aromatic carbocycles. The maximum absolute atomic E-state index is 11.9. The quantitative estimate of drug-likeness (QED) is 0.492. The van der Waals surface area contributed by atoms with Crippen LogP contribution < -0.4 is 10.1 Å². The molecule has 0 bridgehead atoms. The minimum absolute atomic E-state index is 0.0409. The summed E-state index contributed by atoms with van der Waals surface area (Å²) in [6.07, 6.45) is 0.432. The molecule has 3 rings (SSSR count). The summed E-state index contributed by atoms with van der Waals surface area (Å²) < 4.78 is 5.49. The zero-order valence-electron chi connectivity index (χ0n) is 15.1. The minimum atomic E-state index is -0.459. The Bertz CT molecular complexity index is 997. The predicted molar refractivity (Wildman–Crippen MR) is 101 cm³/mol. The van der Waals surface area contributed by atoms with Crippen LogP contribution in [0.1, 0.15) is 17.0 Å². The molecule has 0 radical (unpaired) electrons. The van der Waals surface area contributed by atoms with Crippen molar-refractivity contribution in [2.45, 2.75) is 20.3 Å². The minimum Gasteiger partial charge on any atom is -0.484 e. The Morgan fingerprint density at radius 1 is 1.26 bits per heavy atom. The normalized spacial score (nSPS) is 10.7. The number of nitro groups is 1. The third kappa shape index (κ3) is 4.41. The fraction of sp³-hybridized carbons (Fsp3) is 0.263. The molecule has 27 heavy (non-hydrogen) atoms. The molecule has 8 heteroatoms. The number of nitrogens with one attached hydrogen (secondary N) is 2. The van der Waals surface area contributed by atoms with Gasteiger partial charge in [0, 0.05) is 19.0 Å². The number of benzene rings is 2. The fourth-order valence-electron chi connectivity index (χ4n) is 2.66. The van der Waals surface area contributed by atoms with Crippen molar-refractivity contribution in [2.24, 2.45) is 0 Å². The SMILES string of the molecule is Cc1ccc(OCC(=O)NCCc2nc3c([N+](=O)[O-])cccc3[nH]2)cc1C. The molecule has 3 aromatic rings. The van der Waals surface area contributed by atoms with Crippen LogP contribution in [0.15, 0.2) is 36.4 Å². The molecule has 0 unspecified atom stereocenters. The Morgan fingerprint density at radius 2 is 2.07 bits per heavy atom. The average molecular weight is 368 g/mol. The molecule has 0 aliphatic carbocycles. The van der Waals surface area contributed by atoms with E-state index in [-0.39, 0.29) is 18.2 Å². The molecule has 0 spiro atoms. The van der Waals surface area contributed by atoms with E-state index >= 15 is 0 Å². The topological polar surface area (TPSA) is 110 Å². The van der Waals surface area contributed by atoms with E-state index in [1.807, 2.05) is 32.0 Å². The van der Waals surface area contributed by atoms with E-state index in [9.17, 15) is 14.9 Å². The second kappa shape index (κ2) is 7.86. The molecule has 0 atom stereocenters. The average Bonchev–Trinajstić information content (AvgIpc) is 3.05. The van der Waals surface area contributed by atoms with Crippen LogP contribution in [0.5, 0.6) is 5.75 Å². The maximum Gasteiger partial charge on any atom is 0.297 e. The number of para-hydroxylation sites is 1. The van der Waals surface area contributed by atoms with E-state index in [0.717, 1.165) is 11.1 Å². The smallest absolute Gasteiger partial charge is 0.297 e. The molecular weight excluding hydrogens is 348 g/mol. The Kier molecular flexibility index (Phi) is 5.35. The fourth-order valence-corrected chi connectivity index (χ4v) is 2.66. The maximum atomic E-state index is 11.9. The number of non-ortho nitro benzene ring substituents is 1. The first-order valence-electron chi connectivity index (χ1n) is 8.53. The lowest BCUT2D eigenvalue weighted by Crippen LogP contribution is -2.30. The van der Waals surface area contributed by atoms with Gasteiger partial charge in [0.15, 0.2) is 12.1 Å². The monoisotopic (exact) mass is 368 g/mol. The van der Waals surface area contributed by atoms with Gasteiger partial charge in [-0.05, 0) is 43.2 Å². The van der Waals surface area contributed by atoms with Crippen molar-refractivity contribution in [3.8, 4) is 5.75 Å². The third-order valence-corrected chi connectivity index (χ3v) is 4.27. The summed E-state index contributed by atoms with van der Waals surface area (Å²) in [7, 11) is 0. The van der Waals surface area contributed by atoms with Crippen LogP contribution in [0, 0.1) is 24.0 Å². The molecule has 0 aliphatic rings. The van der Waals surface area contributed by atoms with Crippen molar-refractivity contribution in [2.75, 3.05) is 13.2 Å². The Hall–Kier alpha value is -3.42. The lowest BCUT2D eigenvalue weighted by Gasteiger charge is -2.08. The molecular formula is C19H20N4O4. The molecule has 0 fully saturated rings. The summed E-state index contributed by atoms with van der Waals surface area (Å²) in [4.78, 5) is 29.8. The number of nitro benzene ring substituents is 1. The van der Waals surface area contributed by atoms with E-state index in [0.29, 0.717) is 35.6 Å². The second-order valence-electron chi connectivity index (χ2n) is 6.25.